The van der Waals surface area contributed by atoms with Crippen LogP contribution in [-0.2, 0) is 9.53 Å². The van der Waals surface area contributed by atoms with E-state index in [-0.39, 0.29) is 12.0 Å². The second-order valence-corrected chi connectivity index (χ2v) is 5.40. The van der Waals surface area contributed by atoms with E-state index in [1.54, 1.807) is 0 Å². The molecule has 0 aliphatic carbocycles. The molecule has 3 unspecified atom stereocenters. The number of rotatable bonds is 1. The normalized spacial score (nSPS) is 35.4. The van der Waals surface area contributed by atoms with Crippen LogP contribution in [0.4, 0.5) is 0 Å². The fourth-order valence-electron chi connectivity index (χ4n) is 2.66. The third-order valence-electron chi connectivity index (χ3n) is 3.77. The molecule has 4 nitrogen and oxygen atoms in total. The van der Waals surface area contributed by atoms with Gasteiger partial charge in [-0.15, -0.1) is 0 Å². The summed E-state index contributed by atoms with van der Waals surface area (Å²) in [6.07, 6.45) is 3.28. The van der Waals surface area contributed by atoms with E-state index in [1.165, 1.54) is 0 Å². The van der Waals surface area contributed by atoms with Gasteiger partial charge in [0.1, 0.15) is 0 Å². The summed E-state index contributed by atoms with van der Waals surface area (Å²) in [6.45, 7) is 7.46. The van der Waals surface area contributed by atoms with E-state index in [4.69, 9.17) is 4.74 Å². The lowest BCUT2D eigenvalue weighted by molar-refractivity contribution is -0.136. The van der Waals surface area contributed by atoms with Crippen LogP contribution >= 0.6 is 0 Å². The lowest BCUT2D eigenvalue weighted by Gasteiger charge is -2.31. The number of hydrogen-bond donors (Lipinski definition) is 1. The molecule has 0 spiro atoms. The molecule has 2 rings (SSSR count). The van der Waals surface area contributed by atoms with Crippen LogP contribution in [0.3, 0.4) is 0 Å². The van der Waals surface area contributed by atoms with Gasteiger partial charge >= 0.3 is 0 Å². The smallest absolute Gasteiger partial charge is 0.227 e. The Kier molecular flexibility index (Phi) is 4.40. The summed E-state index contributed by atoms with van der Waals surface area (Å²) in [5.74, 6) is 0.498. The van der Waals surface area contributed by atoms with Crippen LogP contribution < -0.4 is 5.32 Å². The molecule has 0 aromatic carbocycles. The van der Waals surface area contributed by atoms with Crippen LogP contribution in [0.25, 0.3) is 0 Å². The van der Waals surface area contributed by atoms with Crippen molar-refractivity contribution >= 4 is 5.91 Å². The molecule has 0 saturated carbocycles. The number of ether oxygens (including phenoxy) is 1. The highest BCUT2D eigenvalue weighted by Crippen LogP contribution is 2.18. The van der Waals surface area contributed by atoms with Gasteiger partial charge in [0, 0.05) is 32.3 Å². The topological polar surface area (TPSA) is 41.6 Å². The average molecular weight is 240 g/mol. The summed E-state index contributed by atoms with van der Waals surface area (Å²) in [7, 11) is 0. The molecular formula is C13H24N2O2. The van der Waals surface area contributed by atoms with Gasteiger partial charge in [0.2, 0.25) is 5.91 Å². The molecule has 2 saturated heterocycles. The highest BCUT2D eigenvalue weighted by Gasteiger charge is 2.29. The zero-order chi connectivity index (χ0) is 12.3. The zero-order valence-corrected chi connectivity index (χ0v) is 10.9. The third kappa shape index (κ3) is 3.42. The second kappa shape index (κ2) is 5.83. The molecule has 1 amide bonds. The number of nitrogens with one attached hydrogen (secondary N) is 1. The molecule has 2 aliphatic heterocycles. The maximum absolute atomic E-state index is 12.4. The summed E-state index contributed by atoms with van der Waals surface area (Å²) in [5.41, 5.74) is 0. The Morgan fingerprint density at radius 1 is 1.35 bits per heavy atom. The molecule has 2 fully saturated rings. The predicted octanol–water partition coefficient (Wildman–Crippen LogP) is 1.01. The van der Waals surface area contributed by atoms with Crippen molar-refractivity contribution in [3.05, 3.63) is 0 Å². The lowest BCUT2D eigenvalue weighted by Crippen LogP contribution is -2.47. The standard InChI is InChI=1S/C13H24N2O2/c1-10-4-5-12(8-14-10)13(16)15-6-3-7-17-11(2)9-15/h10-12,14H,3-9H2,1-2H3. The van der Waals surface area contributed by atoms with E-state index in [2.05, 4.69) is 12.2 Å². The zero-order valence-electron chi connectivity index (χ0n) is 10.9. The molecule has 98 valence electrons. The summed E-state index contributed by atoms with van der Waals surface area (Å²) in [6, 6.07) is 0.561. The number of carbonyl (C=O) groups is 1. The van der Waals surface area contributed by atoms with Crippen molar-refractivity contribution in [3.63, 3.8) is 0 Å². The Labute approximate surface area is 104 Å². The lowest BCUT2D eigenvalue weighted by atomic mass is 9.94. The highest BCUT2D eigenvalue weighted by molar-refractivity contribution is 5.79. The third-order valence-corrected chi connectivity index (χ3v) is 3.77. The summed E-state index contributed by atoms with van der Waals surface area (Å²) in [5, 5.41) is 3.40. The minimum Gasteiger partial charge on any atom is -0.377 e. The van der Waals surface area contributed by atoms with Gasteiger partial charge in [-0.25, -0.2) is 0 Å². The first-order chi connectivity index (χ1) is 8.16. The van der Waals surface area contributed by atoms with Gasteiger partial charge in [-0.1, -0.05) is 0 Å². The van der Waals surface area contributed by atoms with Crippen LogP contribution in [0, 0.1) is 5.92 Å². The van der Waals surface area contributed by atoms with Crippen molar-refractivity contribution in [2.75, 3.05) is 26.2 Å². The maximum Gasteiger partial charge on any atom is 0.227 e. The minimum atomic E-state index is 0.177. The maximum atomic E-state index is 12.4. The second-order valence-electron chi connectivity index (χ2n) is 5.40. The van der Waals surface area contributed by atoms with Crippen molar-refractivity contribution in [1.82, 2.24) is 10.2 Å². The number of piperidine rings is 1. The molecule has 0 aromatic heterocycles. The Hall–Kier alpha value is -0.610. The van der Waals surface area contributed by atoms with Crippen LogP contribution in [0.2, 0.25) is 0 Å². The van der Waals surface area contributed by atoms with Gasteiger partial charge in [0.25, 0.3) is 0 Å². The highest BCUT2D eigenvalue weighted by atomic mass is 16.5. The number of nitrogens with zero attached hydrogens (tertiary/aromatic N) is 1. The predicted molar refractivity (Wildman–Crippen MR) is 66.8 cm³/mol. The van der Waals surface area contributed by atoms with E-state index in [0.29, 0.717) is 11.9 Å². The van der Waals surface area contributed by atoms with Crippen molar-refractivity contribution in [1.29, 1.82) is 0 Å². The van der Waals surface area contributed by atoms with Gasteiger partial charge in [-0.05, 0) is 33.1 Å². The monoisotopic (exact) mass is 240 g/mol. The Morgan fingerprint density at radius 2 is 2.18 bits per heavy atom. The fourth-order valence-corrected chi connectivity index (χ4v) is 2.66. The summed E-state index contributed by atoms with van der Waals surface area (Å²) >= 11 is 0. The first-order valence-corrected chi connectivity index (χ1v) is 6.80. The van der Waals surface area contributed by atoms with E-state index in [1.807, 2.05) is 11.8 Å². The molecule has 17 heavy (non-hydrogen) atoms. The van der Waals surface area contributed by atoms with Crippen LogP contribution in [0.1, 0.15) is 33.1 Å². The Bertz CT molecular complexity index is 262. The Balaban J connectivity index is 1.89. The molecule has 0 radical (unpaired) electrons. The number of amides is 1. The minimum absolute atomic E-state index is 0.177. The molecule has 0 bridgehead atoms. The average Bonchev–Trinajstić information content (AvgIpc) is 2.54. The fraction of sp³-hybridized carbons (Fsp3) is 0.923. The van der Waals surface area contributed by atoms with Crippen LogP contribution in [0.5, 0.6) is 0 Å². The van der Waals surface area contributed by atoms with Crippen LogP contribution in [-0.4, -0.2) is 49.2 Å². The molecular weight excluding hydrogens is 216 g/mol. The molecule has 1 N–H and O–H groups in total. The molecule has 4 heteroatoms. The van der Waals surface area contributed by atoms with Crippen molar-refractivity contribution < 1.29 is 9.53 Å². The van der Waals surface area contributed by atoms with Gasteiger partial charge in [0.05, 0.1) is 12.0 Å². The largest absolute Gasteiger partial charge is 0.377 e. The van der Waals surface area contributed by atoms with Gasteiger partial charge in [-0.3, -0.25) is 4.79 Å². The van der Waals surface area contributed by atoms with Crippen molar-refractivity contribution in [2.45, 2.75) is 45.3 Å². The van der Waals surface area contributed by atoms with Gasteiger partial charge in [-0.2, -0.15) is 0 Å². The van der Waals surface area contributed by atoms with E-state index in [9.17, 15) is 4.79 Å². The van der Waals surface area contributed by atoms with Gasteiger partial charge in [0.15, 0.2) is 0 Å². The molecule has 3 atom stereocenters. The quantitative estimate of drug-likeness (QED) is 0.744. The van der Waals surface area contributed by atoms with E-state index < -0.39 is 0 Å². The molecule has 0 aromatic rings. The van der Waals surface area contributed by atoms with Crippen molar-refractivity contribution in [3.8, 4) is 0 Å². The molecule has 2 aliphatic rings. The SMILES string of the molecule is CC1CCC(C(=O)N2CCCOC(C)C2)CN1. The number of carbonyl (C=O) groups excluding carboxylic acids is 1. The number of hydrogen-bond acceptors (Lipinski definition) is 3. The van der Waals surface area contributed by atoms with Crippen LogP contribution in [0.15, 0.2) is 0 Å². The first kappa shape index (κ1) is 12.8. The first-order valence-electron chi connectivity index (χ1n) is 6.80. The van der Waals surface area contributed by atoms with Crippen molar-refractivity contribution in [2.24, 2.45) is 5.92 Å². The molecule has 2 heterocycles. The summed E-state index contributed by atoms with van der Waals surface area (Å²) in [4.78, 5) is 14.4. The van der Waals surface area contributed by atoms with E-state index >= 15 is 0 Å². The Morgan fingerprint density at radius 3 is 2.88 bits per heavy atom. The van der Waals surface area contributed by atoms with Gasteiger partial charge < -0.3 is 15.0 Å². The van der Waals surface area contributed by atoms with E-state index in [0.717, 1.165) is 45.5 Å². The summed E-state index contributed by atoms with van der Waals surface area (Å²) < 4.78 is 5.58.